The van der Waals surface area contributed by atoms with E-state index in [-0.39, 0.29) is 18.4 Å². The minimum atomic E-state index is -0.630. The molecule has 1 aromatic rings. The molecule has 3 rings (SSSR count). The molecule has 0 radical (unpaired) electrons. The van der Waals surface area contributed by atoms with Crippen LogP contribution in [0.2, 0.25) is 0 Å². The molecular formula is C18H25N3O3. The summed E-state index contributed by atoms with van der Waals surface area (Å²) < 4.78 is 5.90. The zero-order valence-electron chi connectivity index (χ0n) is 14.6. The molecule has 0 aliphatic carbocycles. The van der Waals surface area contributed by atoms with Gasteiger partial charge in [0.2, 0.25) is 5.91 Å². The lowest BCUT2D eigenvalue weighted by atomic mass is 10.1. The van der Waals surface area contributed by atoms with Crippen LogP contribution in [-0.2, 0) is 9.59 Å². The summed E-state index contributed by atoms with van der Waals surface area (Å²) in [6.07, 6.45) is -0.630. The average molecular weight is 331 g/mol. The van der Waals surface area contributed by atoms with Gasteiger partial charge in [0, 0.05) is 39.1 Å². The Hall–Kier alpha value is -2.08. The Balaban J connectivity index is 1.72. The van der Waals surface area contributed by atoms with E-state index >= 15 is 0 Å². The van der Waals surface area contributed by atoms with Gasteiger partial charge in [-0.05, 0) is 26.0 Å². The van der Waals surface area contributed by atoms with Crippen LogP contribution in [0.25, 0.3) is 0 Å². The third kappa shape index (κ3) is 3.24. The van der Waals surface area contributed by atoms with Gasteiger partial charge in [-0.3, -0.25) is 14.5 Å². The second-order valence-corrected chi connectivity index (χ2v) is 6.66. The molecule has 24 heavy (non-hydrogen) atoms. The van der Waals surface area contributed by atoms with Crippen molar-refractivity contribution in [1.29, 1.82) is 0 Å². The van der Waals surface area contributed by atoms with E-state index in [4.69, 9.17) is 4.74 Å². The van der Waals surface area contributed by atoms with Crippen molar-refractivity contribution in [3.05, 3.63) is 24.3 Å². The van der Waals surface area contributed by atoms with Gasteiger partial charge in [0.1, 0.15) is 5.75 Å². The fraction of sp³-hybridized carbons (Fsp3) is 0.556. The molecule has 6 heteroatoms. The molecule has 2 amide bonds. The van der Waals surface area contributed by atoms with Gasteiger partial charge >= 0.3 is 0 Å². The predicted octanol–water partition coefficient (Wildman–Crippen LogP) is 1.35. The van der Waals surface area contributed by atoms with Gasteiger partial charge < -0.3 is 14.5 Å². The number of carbonyl (C=O) groups excluding carboxylic acids is 2. The third-order valence-electron chi connectivity index (χ3n) is 4.79. The van der Waals surface area contributed by atoms with Crippen molar-refractivity contribution >= 4 is 17.5 Å². The molecule has 1 atom stereocenters. The highest BCUT2D eigenvalue weighted by Crippen LogP contribution is 2.33. The number of amides is 2. The van der Waals surface area contributed by atoms with Crippen molar-refractivity contribution in [3.63, 3.8) is 0 Å². The second kappa shape index (κ2) is 6.81. The van der Waals surface area contributed by atoms with E-state index in [2.05, 4.69) is 18.7 Å². The maximum absolute atomic E-state index is 12.9. The van der Waals surface area contributed by atoms with E-state index in [9.17, 15) is 9.59 Å². The number of ether oxygens (including phenoxy) is 1. The summed E-state index contributed by atoms with van der Waals surface area (Å²) in [5.74, 6) is 0.491. The highest BCUT2D eigenvalue weighted by molar-refractivity contribution is 5.95. The molecule has 1 fully saturated rings. The van der Waals surface area contributed by atoms with E-state index in [0.717, 1.165) is 18.8 Å². The normalized spacial score (nSPS) is 21.4. The van der Waals surface area contributed by atoms with Crippen LogP contribution in [0, 0.1) is 0 Å². The molecule has 1 aromatic carbocycles. The topological polar surface area (TPSA) is 53.1 Å². The number of hydrogen-bond acceptors (Lipinski definition) is 4. The third-order valence-corrected chi connectivity index (χ3v) is 4.79. The molecule has 6 nitrogen and oxygen atoms in total. The molecular weight excluding hydrogens is 306 g/mol. The van der Waals surface area contributed by atoms with Crippen LogP contribution in [0.5, 0.6) is 5.75 Å². The lowest BCUT2D eigenvalue weighted by Crippen LogP contribution is -2.56. The van der Waals surface area contributed by atoms with E-state index < -0.39 is 6.10 Å². The Bertz CT molecular complexity index is 624. The van der Waals surface area contributed by atoms with Gasteiger partial charge in [-0.15, -0.1) is 0 Å². The lowest BCUT2D eigenvalue weighted by Gasteiger charge is -2.40. The molecule has 0 saturated carbocycles. The summed E-state index contributed by atoms with van der Waals surface area (Å²) in [5, 5.41) is 0. The molecule has 2 aliphatic rings. The summed E-state index contributed by atoms with van der Waals surface area (Å²) in [7, 11) is 0. The molecule has 1 saturated heterocycles. The van der Waals surface area contributed by atoms with Crippen molar-refractivity contribution in [2.75, 3.05) is 37.6 Å². The quantitative estimate of drug-likeness (QED) is 0.821. The van der Waals surface area contributed by atoms with E-state index in [1.807, 2.05) is 23.1 Å². The van der Waals surface area contributed by atoms with Crippen LogP contribution in [0.1, 0.15) is 20.8 Å². The predicted molar refractivity (Wildman–Crippen MR) is 92.2 cm³/mol. The van der Waals surface area contributed by atoms with Gasteiger partial charge in [0.05, 0.1) is 12.2 Å². The highest BCUT2D eigenvalue weighted by atomic mass is 16.5. The van der Waals surface area contributed by atoms with Crippen molar-refractivity contribution in [2.24, 2.45) is 0 Å². The molecule has 0 N–H and O–H groups in total. The molecule has 130 valence electrons. The number of nitrogens with zero attached hydrogens (tertiary/aromatic N) is 3. The monoisotopic (exact) mass is 331 g/mol. The van der Waals surface area contributed by atoms with Crippen LogP contribution in [0.15, 0.2) is 24.3 Å². The Morgan fingerprint density at radius 3 is 2.42 bits per heavy atom. The number of para-hydroxylation sites is 2. The fourth-order valence-electron chi connectivity index (χ4n) is 3.32. The average Bonchev–Trinajstić information content (AvgIpc) is 2.60. The SMILES string of the molecule is CC(=O)N1CC(C(=O)N2CCN(C(C)C)CC2)Oc2ccccc21. The maximum atomic E-state index is 12.9. The summed E-state index contributed by atoms with van der Waals surface area (Å²) in [4.78, 5) is 30.7. The summed E-state index contributed by atoms with van der Waals surface area (Å²) >= 11 is 0. The van der Waals surface area contributed by atoms with Crippen molar-refractivity contribution in [3.8, 4) is 5.75 Å². The van der Waals surface area contributed by atoms with Gasteiger partial charge in [0.15, 0.2) is 6.10 Å². The van der Waals surface area contributed by atoms with Gasteiger partial charge in [-0.25, -0.2) is 0 Å². The minimum absolute atomic E-state index is 0.0286. The zero-order valence-corrected chi connectivity index (χ0v) is 14.6. The molecule has 2 aliphatic heterocycles. The smallest absolute Gasteiger partial charge is 0.265 e. The zero-order chi connectivity index (χ0) is 17.3. The highest BCUT2D eigenvalue weighted by Gasteiger charge is 2.36. The second-order valence-electron chi connectivity index (χ2n) is 6.66. The first kappa shape index (κ1) is 16.8. The molecule has 2 heterocycles. The van der Waals surface area contributed by atoms with Crippen LogP contribution in [0.4, 0.5) is 5.69 Å². The maximum Gasteiger partial charge on any atom is 0.265 e. The molecule has 0 aromatic heterocycles. The number of anilines is 1. The molecule has 0 bridgehead atoms. The largest absolute Gasteiger partial charge is 0.476 e. The first-order chi connectivity index (χ1) is 11.5. The van der Waals surface area contributed by atoms with Crippen molar-refractivity contribution in [1.82, 2.24) is 9.80 Å². The summed E-state index contributed by atoms with van der Waals surface area (Å²) in [5.41, 5.74) is 0.735. The lowest BCUT2D eigenvalue weighted by molar-refractivity contribution is -0.140. The van der Waals surface area contributed by atoms with Gasteiger partial charge in [0.25, 0.3) is 5.91 Å². The Labute approximate surface area is 143 Å². The van der Waals surface area contributed by atoms with Gasteiger partial charge in [-0.2, -0.15) is 0 Å². The first-order valence-corrected chi connectivity index (χ1v) is 8.54. The number of carbonyl (C=O) groups is 2. The summed E-state index contributed by atoms with van der Waals surface area (Å²) in [6.45, 7) is 9.30. The Kier molecular flexibility index (Phi) is 4.76. The van der Waals surface area contributed by atoms with Gasteiger partial charge in [-0.1, -0.05) is 12.1 Å². The van der Waals surface area contributed by atoms with E-state index in [1.54, 1.807) is 11.0 Å². The van der Waals surface area contributed by atoms with E-state index in [1.165, 1.54) is 6.92 Å². The standard InChI is InChI=1S/C18H25N3O3/c1-13(2)19-8-10-20(11-9-19)18(23)17-12-21(14(3)22)15-6-4-5-7-16(15)24-17/h4-7,13,17H,8-12H2,1-3H3. The van der Waals surface area contributed by atoms with Crippen LogP contribution < -0.4 is 9.64 Å². The van der Waals surface area contributed by atoms with E-state index in [0.29, 0.717) is 24.9 Å². The fourth-order valence-corrected chi connectivity index (χ4v) is 3.32. The molecule has 1 unspecified atom stereocenters. The minimum Gasteiger partial charge on any atom is -0.476 e. The van der Waals surface area contributed by atoms with Crippen molar-refractivity contribution in [2.45, 2.75) is 32.9 Å². The molecule has 0 spiro atoms. The number of hydrogen-bond donors (Lipinski definition) is 0. The number of fused-ring (bicyclic) bond motifs is 1. The number of piperazine rings is 1. The first-order valence-electron chi connectivity index (χ1n) is 8.54. The summed E-state index contributed by atoms with van der Waals surface area (Å²) in [6, 6.07) is 7.87. The number of benzene rings is 1. The van der Waals surface area contributed by atoms with Crippen LogP contribution >= 0.6 is 0 Å². The van der Waals surface area contributed by atoms with Crippen LogP contribution in [-0.4, -0.2) is 66.5 Å². The van der Waals surface area contributed by atoms with Crippen LogP contribution in [0.3, 0.4) is 0 Å². The van der Waals surface area contributed by atoms with Crippen molar-refractivity contribution < 1.29 is 14.3 Å². The Morgan fingerprint density at radius 2 is 1.79 bits per heavy atom. The Morgan fingerprint density at radius 1 is 1.12 bits per heavy atom. The number of rotatable bonds is 2.